The highest BCUT2D eigenvalue weighted by Gasteiger charge is 2.26. The fourth-order valence-electron chi connectivity index (χ4n) is 2.52. The number of carbonyl (C=O) groups excluding carboxylic acids is 1. The van der Waals surface area contributed by atoms with Crippen LogP contribution in [0, 0.1) is 19.8 Å². The summed E-state index contributed by atoms with van der Waals surface area (Å²) in [7, 11) is 0. The number of piperidine rings is 1. The SMILES string of the molecule is Cc1cc(SCC(=O)N2CCC(C(=O)O)CC2)c(C)cc1Br. The van der Waals surface area contributed by atoms with E-state index >= 15 is 0 Å². The molecular formula is C16H20BrNO3S. The first-order valence-electron chi connectivity index (χ1n) is 7.28. The first kappa shape index (κ1) is 17.3. The van der Waals surface area contributed by atoms with Crippen LogP contribution in [0.15, 0.2) is 21.5 Å². The predicted octanol–water partition coefficient (Wildman–Crippen LogP) is 3.48. The Kier molecular flexibility index (Phi) is 5.92. The molecule has 1 aliphatic heterocycles. The van der Waals surface area contributed by atoms with Crippen LogP contribution in [0.25, 0.3) is 0 Å². The van der Waals surface area contributed by atoms with Crippen LogP contribution < -0.4 is 0 Å². The largest absolute Gasteiger partial charge is 0.481 e. The molecule has 1 fully saturated rings. The van der Waals surface area contributed by atoms with Crippen molar-refractivity contribution in [2.24, 2.45) is 5.92 Å². The number of aliphatic carboxylic acids is 1. The maximum Gasteiger partial charge on any atom is 0.306 e. The van der Waals surface area contributed by atoms with Crippen LogP contribution in [0.4, 0.5) is 0 Å². The number of carbonyl (C=O) groups is 2. The number of amides is 1. The Morgan fingerprint density at radius 3 is 2.50 bits per heavy atom. The van der Waals surface area contributed by atoms with Crippen LogP contribution in [0.1, 0.15) is 24.0 Å². The number of aryl methyl sites for hydroxylation is 2. The van der Waals surface area contributed by atoms with E-state index in [-0.39, 0.29) is 11.8 Å². The summed E-state index contributed by atoms with van der Waals surface area (Å²) in [4.78, 5) is 26.1. The number of thioether (sulfide) groups is 1. The second-order valence-electron chi connectivity index (χ2n) is 5.65. The molecule has 6 heteroatoms. The highest BCUT2D eigenvalue weighted by molar-refractivity contribution is 9.10. The third-order valence-corrected chi connectivity index (χ3v) is 6.00. The van der Waals surface area contributed by atoms with Gasteiger partial charge in [0.05, 0.1) is 11.7 Å². The molecule has 1 aromatic rings. The van der Waals surface area contributed by atoms with Gasteiger partial charge in [-0.2, -0.15) is 0 Å². The Morgan fingerprint density at radius 1 is 1.27 bits per heavy atom. The maximum atomic E-state index is 12.3. The standard InChI is InChI=1S/C16H20BrNO3S/c1-10-8-14(11(2)7-13(10)17)22-9-15(19)18-5-3-12(4-6-18)16(20)21/h7-8,12H,3-6,9H2,1-2H3,(H,20,21). The van der Waals surface area contributed by atoms with Gasteiger partial charge in [-0.3, -0.25) is 9.59 Å². The number of halogens is 1. The number of nitrogens with zero attached hydrogens (tertiary/aromatic N) is 1. The molecule has 1 heterocycles. The number of carboxylic acids is 1. The molecule has 0 unspecified atom stereocenters. The summed E-state index contributed by atoms with van der Waals surface area (Å²) in [5.41, 5.74) is 2.31. The second-order valence-corrected chi connectivity index (χ2v) is 7.52. The molecule has 0 radical (unpaired) electrons. The van der Waals surface area contributed by atoms with E-state index in [2.05, 4.69) is 28.1 Å². The zero-order valence-corrected chi connectivity index (χ0v) is 15.2. The van der Waals surface area contributed by atoms with Crippen LogP contribution in [0.3, 0.4) is 0 Å². The molecular weight excluding hydrogens is 366 g/mol. The van der Waals surface area contributed by atoms with Crippen molar-refractivity contribution < 1.29 is 14.7 Å². The van der Waals surface area contributed by atoms with E-state index in [4.69, 9.17) is 5.11 Å². The number of benzene rings is 1. The summed E-state index contributed by atoms with van der Waals surface area (Å²) in [6.45, 7) is 5.17. The average Bonchev–Trinajstić information content (AvgIpc) is 2.49. The van der Waals surface area contributed by atoms with E-state index in [1.807, 2.05) is 13.8 Å². The van der Waals surface area contributed by atoms with Gasteiger partial charge in [0.25, 0.3) is 0 Å². The van der Waals surface area contributed by atoms with Crippen molar-refractivity contribution in [2.45, 2.75) is 31.6 Å². The minimum absolute atomic E-state index is 0.0915. The normalized spacial score (nSPS) is 15.9. The summed E-state index contributed by atoms with van der Waals surface area (Å²) in [6, 6.07) is 4.16. The average molecular weight is 386 g/mol. The fraction of sp³-hybridized carbons (Fsp3) is 0.500. The predicted molar refractivity (Wildman–Crippen MR) is 91.3 cm³/mol. The number of likely N-dealkylation sites (tertiary alicyclic amines) is 1. The minimum Gasteiger partial charge on any atom is -0.481 e. The molecule has 0 aliphatic carbocycles. The third-order valence-electron chi connectivity index (χ3n) is 4.00. The fourth-order valence-corrected chi connectivity index (χ4v) is 3.98. The van der Waals surface area contributed by atoms with Crippen LogP contribution in [-0.2, 0) is 9.59 Å². The summed E-state index contributed by atoms with van der Waals surface area (Å²) in [5.74, 6) is -0.552. The van der Waals surface area contributed by atoms with Crippen molar-refractivity contribution in [1.29, 1.82) is 0 Å². The molecule has 0 spiro atoms. The van der Waals surface area contributed by atoms with Gasteiger partial charge in [0.1, 0.15) is 0 Å². The van der Waals surface area contributed by atoms with Crippen molar-refractivity contribution in [2.75, 3.05) is 18.8 Å². The molecule has 0 aromatic heterocycles. The summed E-state index contributed by atoms with van der Waals surface area (Å²) in [5, 5.41) is 8.98. The van der Waals surface area contributed by atoms with Gasteiger partial charge in [0.2, 0.25) is 5.91 Å². The Labute approximate surface area is 143 Å². The molecule has 0 saturated carbocycles. The molecule has 1 saturated heterocycles. The summed E-state index contributed by atoms with van der Waals surface area (Å²) >= 11 is 5.06. The smallest absolute Gasteiger partial charge is 0.306 e. The zero-order valence-electron chi connectivity index (χ0n) is 12.8. The molecule has 4 nitrogen and oxygen atoms in total. The lowest BCUT2D eigenvalue weighted by Crippen LogP contribution is -2.41. The van der Waals surface area contributed by atoms with Crippen LogP contribution in [0.5, 0.6) is 0 Å². The van der Waals surface area contributed by atoms with Gasteiger partial charge in [-0.25, -0.2) is 0 Å². The van der Waals surface area contributed by atoms with Crippen molar-refractivity contribution in [3.8, 4) is 0 Å². The molecule has 1 aromatic carbocycles. The van der Waals surface area contributed by atoms with Gasteiger partial charge in [-0.1, -0.05) is 15.9 Å². The van der Waals surface area contributed by atoms with Gasteiger partial charge < -0.3 is 10.0 Å². The van der Waals surface area contributed by atoms with E-state index in [0.717, 1.165) is 20.5 Å². The van der Waals surface area contributed by atoms with E-state index < -0.39 is 5.97 Å². The van der Waals surface area contributed by atoms with E-state index in [0.29, 0.717) is 31.7 Å². The van der Waals surface area contributed by atoms with Crippen molar-refractivity contribution in [3.63, 3.8) is 0 Å². The zero-order chi connectivity index (χ0) is 16.3. The quantitative estimate of drug-likeness (QED) is 0.805. The summed E-state index contributed by atoms with van der Waals surface area (Å²) < 4.78 is 1.08. The Bertz CT molecular complexity index is 583. The first-order valence-corrected chi connectivity index (χ1v) is 9.06. The lowest BCUT2D eigenvalue weighted by atomic mass is 9.97. The monoisotopic (exact) mass is 385 g/mol. The van der Waals surface area contributed by atoms with Gasteiger partial charge in [-0.05, 0) is 49.9 Å². The molecule has 0 bridgehead atoms. The second kappa shape index (κ2) is 7.51. The van der Waals surface area contributed by atoms with Crippen molar-refractivity contribution >= 4 is 39.6 Å². The van der Waals surface area contributed by atoms with Crippen LogP contribution >= 0.6 is 27.7 Å². The Hall–Kier alpha value is -1.01. The number of carboxylic acid groups (broad SMARTS) is 1. The van der Waals surface area contributed by atoms with E-state index in [9.17, 15) is 9.59 Å². The molecule has 22 heavy (non-hydrogen) atoms. The Balaban J connectivity index is 1.89. The lowest BCUT2D eigenvalue weighted by molar-refractivity contribution is -0.145. The maximum absolute atomic E-state index is 12.3. The molecule has 1 N–H and O–H groups in total. The minimum atomic E-state index is -0.748. The lowest BCUT2D eigenvalue weighted by Gasteiger charge is -2.30. The third kappa shape index (κ3) is 4.26. The Morgan fingerprint density at radius 2 is 1.91 bits per heavy atom. The number of rotatable bonds is 4. The molecule has 1 amide bonds. The van der Waals surface area contributed by atoms with E-state index in [1.165, 1.54) is 0 Å². The molecule has 120 valence electrons. The molecule has 0 atom stereocenters. The van der Waals surface area contributed by atoms with Gasteiger partial charge in [-0.15, -0.1) is 11.8 Å². The molecule has 1 aliphatic rings. The van der Waals surface area contributed by atoms with Crippen molar-refractivity contribution in [1.82, 2.24) is 4.90 Å². The van der Waals surface area contributed by atoms with Crippen molar-refractivity contribution in [3.05, 3.63) is 27.7 Å². The van der Waals surface area contributed by atoms with E-state index in [1.54, 1.807) is 16.7 Å². The van der Waals surface area contributed by atoms with Crippen LogP contribution in [-0.4, -0.2) is 40.7 Å². The molecule has 2 rings (SSSR count). The number of hydrogen-bond donors (Lipinski definition) is 1. The van der Waals surface area contributed by atoms with Crippen LogP contribution in [0.2, 0.25) is 0 Å². The topological polar surface area (TPSA) is 57.6 Å². The summed E-state index contributed by atoms with van der Waals surface area (Å²) in [6.07, 6.45) is 1.12. The van der Waals surface area contributed by atoms with Gasteiger partial charge >= 0.3 is 5.97 Å². The van der Waals surface area contributed by atoms with Gasteiger partial charge in [0, 0.05) is 22.5 Å². The highest BCUT2D eigenvalue weighted by atomic mass is 79.9. The number of hydrogen-bond acceptors (Lipinski definition) is 3. The first-order chi connectivity index (χ1) is 10.4. The highest BCUT2D eigenvalue weighted by Crippen LogP contribution is 2.29. The van der Waals surface area contributed by atoms with Gasteiger partial charge in [0.15, 0.2) is 0 Å².